The highest BCUT2D eigenvalue weighted by Crippen LogP contribution is 2.26. The number of morpholine rings is 1. The van der Waals surface area contributed by atoms with Crippen LogP contribution in [0.3, 0.4) is 0 Å². The van der Waals surface area contributed by atoms with Crippen LogP contribution in [0, 0.1) is 0 Å². The van der Waals surface area contributed by atoms with Gasteiger partial charge in [0.1, 0.15) is 18.9 Å². The molecule has 0 radical (unpaired) electrons. The highest BCUT2D eigenvalue weighted by molar-refractivity contribution is 6.30. The number of hydrogen-bond acceptors (Lipinski definition) is 6. The van der Waals surface area contributed by atoms with E-state index in [2.05, 4.69) is 20.1 Å². The molecule has 0 aromatic carbocycles. The Labute approximate surface area is 134 Å². The molecule has 3 heterocycles. The zero-order valence-electron chi connectivity index (χ0n) is 11.7. The molecule has 1 aliphatic rings. The van der Waals surface area contributed by atoms with Crippen molar-refractivity contribution >= 4 is 17.5 Å². The number of rotatable bonds is 3. The van der Waals surface area contributed by atoms with Gasteiger partial charge in [0, 0.05) is 6.54 Å². The van der Waals surface area contributed by atoms with Gasteiger partial charge in [-0.1, -0.05) is 11.6 Å². The Hall–Kier alpha value is -1.94. The van der Waals surface area contributed by atoms with Crippen molar-refractivity contribution in [2.24, 2.45) is 0 Å². The molecule has 7 nitrogen and oxygen atoms in total. The zero-order valence-corrected chi connectivity index (χ0v) is 12.5. The Morgan fingerprint density at radius 1 is 1.26 bits per heavy atom. The van der Waals surface area contributed by atoms with Gasteiger partial charge >= 0.3 is 6.18 Å². The molecule has 3 rings (SSSR count). The van der Waals surface area contributed by atoms with E-state index >= 15 is 0 Å². The number of aromatic nitrogens is 5. The van der Waals surface area contributed by atoms with Gasteiger partial charge in [0.05, 0.1) is 30.6 Å². The molecule has 11 heteroatoms. The third kappa shape index (κ3) is 3.88. The predicted octanol–water partition coefficient (Wildman–Crippen LogP) is 1.86. The van der Waals surface area contributed by atoms with E-state index in [4.69, 9.17) is 16.3 Å². The summed E-state index contributed by atoms with van der Waals surface area (Å²) in [5, 5.41) is 4.29. The van der Waals surface area contributed by atoms with Crippen LogP contribution < -0.4 is 4.90 Å². The molecule has 2 aromatic heterocycles. The van der Waals surface area contributed by atoms with E-state index in [-0.39, 0.29) is 12.4 Å². The molecule has 1 unspecified atom stereocenters. The van der Waals surface area contributed by atoms with Crippen molar-refractivity contribution in [3.05, 3.63) is 29.6 Å². The van der Waals surface area contributed by atoms with Crippen LogP contribution in [-0.4, -0.2) is 50.7 Å². The SMILES string of the molecule is FC(F)(F)Cn1cnc(C2COCCN2c2ncc(Cl)cn2)n1. The summed E-state index contributed by atoms with van der Waals surface area (Å²) >= 11 is 5.77. The third-order valence-electron chi connectivity index (χ3n) is 3.19. The van der Waals surface area contributed by atoms with E-state index in [1.807, 2.05) is 0 Å². The molecule has 23 heavy (non-hydrogen) atoms. The smallest absolute Gasteiger partial charge is 0.377 e. The van der Waals surface area contributed by atoms with Crippen molar-refractivity contribution in [3.63, 3.8) is 0 Å². The van der Waals surface area contributed by atoms with Crippen LogP contribution in [0.25, 0.3) is 0 Å². The molecule has 0 spiro atoms. The fourth-order valence-electron chi connectivity index (χ4n) is 2.23. The second kappa shape index (κ2) is 6.28. The van der Waals surface area contributed by atoms with Gasteiger partial charge < -0.3 is 9.64 Å². The van der Waals surface area contributed by atoms with Crippen molar-refractivity contribution in [3.8, 4) is 0 Å². The quantitative estimate of drug-likeness (QED) is 0.843. The summed E-state index contributed by atoms with van der Waals surface area (Å²) in [7, 11) is 0. The summed E-state index contributed by atoms with van der Waals surface area (Å²) < 4.78 is 43.4. The molecule has 0 amide bonds. The summed E-state index contributed by atoms with van der Waals surface area (Å²) in [6.07, 6.45) is -0.399. The maximum atomic E-state index is 12.4. The molecule has 2 aromatic rings. The van der Waals surface area contributed by atoms with Gasteiger partial charge in [-0.05, 0) is 0 Å². The fraction of sp³-hybridized carbons (Fsp3) is 0.500. The molecule has 124 valence electrons. The lowest BCUT2D eigenvalue weighted by Crippen LogP contribution is -2.41. The second-order valence-corrected chi connectivity index (χ2v) is 5.34. The van der Waals surface area contributed by atoms with Gasteiger partial charge in [0.2, 0.25) is 5.95 Å². The monoisotopic (exact) mass is 348 g/mol. The molecule has 0 N–H and O–H groups in total. The van der Waals surface area contributed by atoms with E-state index in [0.717, 1.165) is 11.0 Å². The first kappa shape index (κ1) is 15.9. The van der Waals surface area contributed by atoms with Crippen molar-refractivity contribution in [1.82, 2.24) is 24.7 Å². The van der Waals surface area contributed by atoms with Gasteiger partial charge in [-0.3, -0.25) is 0 Å². The molecule has 0 bridgehead atoms. The first-order valence-corrected chi connectivity index (χ1v) is 7.08. The third-order valence-corrected chi connectivity index (χ3v) is 3.38. The van der Waals surface area contributed by atoms with Gasteiger partial charge in [0.15, 0.2) is 5.82 Å². The number of nitrogens with zero attached hydrogens (tertiary/aromatic N) is 6. The van der Waals surface area contributed by atoms with Crippen LogP contribution in [0.2, 0.25) is 5.02 Å². The zero-order chi connectivity index (χ0) is 16.4. The normalized spacial score (nSPS) is 19.1. The number of ether oxygens (including phenoxy) is 1. The number of anilines is 1. The highest BCUT2D eigenvalue weighted by atomic mass is 35.5. The lowest BCUT2D eigenvalue weighted by molar-refractivity contribution is -0.142. The molecule has 1 atom stereocenters. The van der Waals surface area contributed by atoms with Gasteiger partial charge in [-0.2, -0.15) is 18.3 Å². The molecule has 0 saturated carbocycles. The van der Waals surface area contributed by atoms with Crippen molar-refractivity contribution in [2.75, 3.05) is 24.7 Å². The minimum absolute atomic E-state index is 0.229. The van der Waals surface area contributed by atoms with Crippen molar-refractivity contribution in [2.45, 2.75) is 18.8 Å². The first-order valence-electron chi connectivity index (χ1n) is 6.70. The van der Waals surface area contributed by atoms with Crippen molar-refractivity contribution < 1.29 is 17.9 Å². The Bertz CT molecular complexity index is 662. The molecular formula is C12H12ClF3N6O. The average Bonchev–Trinajstić information content (AvgIpc) is 2.94. The van der Waals surface area contributed by atoms with E-state index in [0.29, 0.717) is 24.1 Å². The van der Waals surface area contributed by atoms with E-state index in [1.165, 1.54) is 12.4 Å². The summed E-state index contributed by atoms with van der Waals surface area (Å²) in [4.78, 5) is 14.0. The summed E-state index contributed by atoms with van der Waals surface area (Å²) in [5.41, 5.74) is 0. The maximum absolute atomic E-state index is 12.4. The minimum Gasteiger partial charge on any atom is -0.377 e. The Balaban J connectivity index is 1.82. The molecule has 1 fully saturated rings. The Kier molecular flexibility index (Phi) is 4.35. The number of hydrogen-bond donors (Lipinski definition) is 0. The van der Waals surface area contributed by atoms with E-state index in [1.54, 1.807) is 4.90 Å². The van der Waals surface area contributed by atoms with Gasteiger partial charge in [0.25, 0.3) is 0 Å². The topological polar surface area (TPSA) is 69.0 Å². The van der Waals surface area contributed by atoms with Crippen LogP contribution in [0.5, 0.6) is 0 Å². The minimum atomic E-state index is -4.35. The molecular weight excluding hydrogens is 337 g/mol. The Morgan fingerprint density at radius 2 is 2.00 bits per heavy atom. The second-order valence-electron chi connectivity index (χ2n) is 4.90. The standard InChI is InChI=1S/C12H12ClF3N6O/c13-8-3-17-11(18-4-8)22-1-2-23-5-9(22)10-19-7-21(20-10)6-12(14,15)16/h3-4,7,9H,1-2,5-6H2. The van der Waals surface area contributed by atoms with E-state index in [9.17, 15) is 13.2 Å². The molecule has 1 aliphatic heterocycles. The number of halogens is 4. The summed E-state index contributed by atoms with van der Waals surface area (Å²) in [5.74, 6) is 0.627. The predicted molar refractivity (Wildman–Crippen MR) is 74.0 cm³/mol. The lowest BCUT2D eigenvalue weighted by atomic mass is 10.2. The maximum Gasteiger partial charge on any atom is 0.408 e. The van der Waals surface area contributed by atoms with Gasteiger partial charge in [-0.25, -0.2) is 19.6 Å². The van der Waals surface area contributed by atoms with Crippen LogP contribution in [0.4, 0.5) is 19.1 Å². The van der Waals surface area contributed by atoms with Crippen LogP contribution >= 0.6 is 11.6 Å². The number of alkyl halides is 3. The largest absolute Gasteiger partial charge is 0.408 e. The van der Waals surface area contributed by atoms with Crippen LogP contribution in [-0.2, 0) is 11.3 Å². The van der Waals surface area contributed by atoms with Gasteiger partial charge in [-0.15, -0.1) is 0 Å². The van der Waals surface area contributed by atoms with Crippen molar-refractivity contribution in [1.29, 1.82) is 0 Å². The Morgan fingerprint density at radius 3 is 2.70 bits per heavy atom. The van der Waals surface area contributed by atoms with Crippen LogP contribution in [0.15, 0.2) is 18.7 Å². The summed E-state index contributed by atoms with van der Waals surface area (Å²) in [6, 6.07) is -0.459. The highest BCUT2D eigenvalue weighted by Gasteiger charge is 2.32. The van der Waals surface area contributed by atoms with E-state index < -0.39 is 18.8 Å². The molecule has 1 saturated heterocycles. The lowest BCUT2D eigenvalue weighted by Gasteiger charge is -2.33. The average molecular weight is 349 g/mol. The fourth-order valence-corrected chi connectivity index (χ4v) is 2.33. The summed E-state index contributed by atoms with van der Waals surface area (Å²) in [6.45, 7) is -0.0289. The van der Waals surface area contributed by atoms with Crippen LogP contribution in [0.1, 0.15) is 11.9 Å². The first-order chi connectivity index (χ1) is 10.9. The molecule has 0 aliphatic carbocycles.